The number of hydrogen-bond acceptors (Lipinski definition) is 0. The number of rotatable bonds is 0. The Hall–Kier alpha value is -0.260. The first-order valence-electron chi connectivity index (χ1n) is 4.94. The van der Waals surface area contributed by atoms with Gasteiger partial charge < -0.3 is 0 Å². The lowest BCUT2D eigenvalue weighted by Crippen LogP contribution is -2.18. The molecule has 0 aromatic carbocycles. The Kier molecular flexibility index (Phi) is 1.78. The molecule has 0 heterocycles. The summed E-state index contributed by atoms with van der Waals surface area (Å²) < 4.78 is 0. The largest absolute Gasteiger partial charge is 0.0999 e. The highest BCUT2D eigenvalue weighted by atomic mass is 14.4. The molecule has 2 rings (SSSR count). The fraction of sp³-hybridized carbons (Fsp3) is 0.818. The van der Waals surface area contributed by atoms with Gasteiger partial charge in [0, 0.05) is 0 Å². The van der Waals surface area contributed by atoms with Crippen LogP contribution in [0.5, 0.6) is 0 Å². The molecule has 3 atom stereocenters. The van der Waals surface area contributed by atoms with Crippen LogP contribution in [0.15, 0.2) is 12.2 Å². The maximum Gasteiger partial charge on any atom is -0.0292 e. The summed E-state index contributed by atoms with van der Waals surface area (Å²) in [6.45, 7) is 6.53. The normalized spacial score (nSPS) is 44.1. The van der Waals surface area contributed by atoms with Gasteiger partial charge in [-0.05, 0) is 43.4 Å². The summed E-state index contributed by atoms with van der Waals surface area (Å²) in [6.07, 6.45) is 7.04. The van der Waals surface area contributed by atoms with E-state index in [2.05, 4.69) is 13.5 Å². The molecule has 2 fully saturated rings. The Bertz CT molecular complexity index is 169. The van der Waals surface area contributed by atoms with E-state index in [0.717, 1.165) is 17.8 Å². The Labute approximate surface area is 69.7 Å². The van der Waals surface area contributed by atoms with E-state index in [-0.39, 0.29) is 0 Å². The predicted molar refractivity (Wildman–Crippen MR) is 48.4 cm³/mol. The first kappa shape index (κ1) is 7.39. The van der Waals surface area contributed by atoms with Gasteiger partial charge in [-0.1, -0.05) is 25.5 Å². The molecule has 62 valence electrons. The second kappa shape index (κ2) is 2.66. The molecule has 2 saturated carbocycles. The van der Waals surface area contributed by atoms with Crippen LogP contribution in [-0.4, -0.2) is 0 Å². The molecular formula is C11H18. The fourth-order valence-electron chi connectivity index (χ4n) is 2.99. The molecule has 3 unspecified atom stereocenters. The monoisotopic (exact) mass is 150 g/mol. The SMILES string of the molecule is C=C1CCC2C(C)CCC2C1. The third-order valence-electron chi connectivity index (χ3n) is 3.71. The van der Waals surface area contributed by atoms with Crippen molar-refractivity contribution in [1.29, 1.82) is 0 Å². The lowest BCUT2D eigenvalue weighted by molar-refractivity contribution is 0.274. The molecule has 0 nitrogen and oxygen atoms in total. The quantitative estimate of drug-likeness (QED) is 0.464. The van der Waals surface area contributed by atoms with E-state index < -0.39 is 0 Å². The van der Waals surface area contributed by atoms with Gasteiger partial charge in [-0.25, -0.2) is 0 Å². The van der Waals surface area contributed by atoms with Gasteiger partial charge in [-0.2, -0.15) is 0 Å². The molecular weight excluding hydrogens is 132 g/mol. The Balaban J connectivity index is 2.05. The van der Waals surface area contributed by atoms with E-state index in [1.807, 2.05) is 0 Å². The predicted octanol–water partition coefficient (Wildman–Crippen LogP) is 3.39. The van der Waals surface area contributed by atoms with Gasteiger partial charge in [0.25, 0.3) is 0 Å². The van der Waals surface area contributed by atoms with Crippen molar-refractivity contribution in [3.63, 3.8) is 0 Å². The van der Waals surface area contributed by atoms with Gasteiger partial charge in [0.2, 0.25) is 0 Å². The number of hydrogen-bond donors (Lipinski definition) is 0. The molecule has 0 amide bonds. The maximum atomic E-state index is 4.10. The van der Waals surface area contributed by atoms with Gasteiger partial charge in [0.15, 0.2) is 0 Å². The van der Waals surface area contributed by atoms with E-state index in [4.69, 9.17) is 0 Å². The Morgan fingerprint density at radius 1 is 1.27 bits per heavy atom. The van der Waals surface area contributed by atoms with Gasteiger partial charge in [0.1, 0.15) is 0 Å². The van der Waals surface area contributed by atoms with E-state index in [1.54, 1.807) is 0 Å². The van der Waals surface area contributed by atoms with Crippen LogP contribution in [0.1, 0.15) is 39.0 Å². The van der Waals surface area contributed by atoms with Crippen molar-refractivity contribution in [3.05, 3.63) is 12.2 Å². The highest BCUT2D eigenvalue weighted by Crippen LogP contribution is 2.46. The average molecular weight is 150 g/mol. The molecule has 0 aromatic heterocycles. The summed E-state index contributed by atoms with van der Waals surface area (Å²) in [4.78, 5) is 0. The lowest BCUT2D eigenvalue weighted by Gasteiger charge is -2.29. The van der Waals surface area contributed by atoms with Crippen LogP contribution in [0, 0.1) is 17.8 Å². The fourth-order valence-corrected chi connectivity index (χ4v) is 2.99. The number of allylic oxidation sites excluding steroid dienone is 1. The van der Waals surface area contributed by atoms with Crippen LogP contribution in [-0.2, 0) is 0 Å². The zero-order chi connectivity index (χ0) is 7.84. The molecule has 0 radical (unpaired) electrons. The van der Waals surface area contributed by atoms with E-state index in [0.29, 0.717) is 0 Å². The minimum atomic E-state index is 1.01. The summed E-state index contributed by atoms with van der Waals surface area (Å²) in [6, 6.07) is 0. The first-order chi connectivity index (χ1) is 5.27. The van der Waals surface area contributed by atoms with Crippen molar-refractivity contribution in [2.24, 2.45) is 17.8 Å². The van der Waals surface area contributed by atoms with Crippen molar-refractivity contribution in [3.8, 4) is 0 Å². The van der Waals surface area contributed by atoms with Crippen LogP contribution in [0.2, 0.25) is 0 Å². The molecule has 0 N–H and O–H groups in total. The molecule has 0 saturated heterocycles. The second-order valence-electron chi connectivity index (χ2n) is 4.47. The van der Waals surface area contributed by atoms with Crippen molar-refractivity contribution in [1.82, 2.24) is 0 Å². The summed E-state index contributed by atoms with van der Waals surface area (Å²) in [5, 5.41) is 0. The highest BCUT2D eigenvalue weighted by molar-refractivity contribution is 5.04. The van der Waals surface area contributed by atoms with Crippen LogP contribution in [0.25, 0.3) is 0 Å². The molecule has 11 heavy (non-hydrogen) atoms. The van der Waals surface area contributed by atoms with Crippen LogP contribution in [0.4, 0.5) is 0 Å². The minimum absolute atomic E-state index is 1.01. The zero-order valence-electron chi connectivity index (χ0n) is 7.47. The van der Waals surface area contributed by atoms with Crippen molar-refractivity contribution >= 4 is 0 Å². The number of fused-ring (bicyclic) bond motifs is 1. The van der Waals surface area contributed by atoms with Gasteiger partial charge in [0.05, 0.1) is 0 Å². The zero-order valence-corrected chi connectivity index (χ0v) is 7.47. The summed E-state index contributed by atoms with van der Waals surface area (Å²) in [5.74, 6) is 3.08. The molecule has 0 bridgehead atoms. The third kappa shape index (κ3) is 1.23. The molecule has 0 aliphatic heterocycles. The van der Waals surface area contributed by atoms with Crippen molar-refractivity contribution in [2.45, 2.75) is 39.0 Å². The average Bonchev–Trinajstić information content (AvgIpc) is 2.32. The van der Waals surface area contributed by atoms with Crippen LogP contribution >= 0.6 is 0 Å². The molecule has 0 heteroatoms. The van der Waals surface area contributed by atoms with Crippen molar-refractivity contribution < 1.29 is 0 Å². The third-order valence-corrected chi connectivity index (χ3v) is 3.71. The van der Waals surface area contributed by atoms with Gasteiger partial charge >= 0.3 is 0 Å². The maximum absolute atomic E-state index is 4.10. The standard InChI is InChI=1S/C11H18/c1-8-3-6-11-9(2)4-5-10(11)7-8/h9-11H,1,3-7H2,2H3. The lowest BCUT2D eigenvalue weighted by atomic mass is 9.77. The Morgan fingerprint density at radius 3 is 2.91 bits per heavy atom. The summed E-state index contributed by atoms with van der Waals surface area (Å²) in [5.41, 5.74) is 1.51. The molecule has 0 aromatic rings. The molecule has 2 aliphatic rings. The van der Waals surface area contributed by atoms with E-state index in [9.17, 15) is 0 Å². The highest BCUT2D eigenvalue weighted by Gasteiger charge is 2.35. The van der Waals surface area contributed by atoms with Gasteiger partial charge in [-0.15, -0.1) is 0 Å². The Morgan fingerprint density at radius 2 is 2.09 bits per heavy atom. The van der Waals surface area contributed by atoms with E-state index >= 15 is 0 Å². The topological polar surface area (TPSA) is 0 Å². The van der Waals surface area contributed by atoms with Gasteiger partial charge in [-0.3, -0.25) is 0 Å². The second-order valence-corrected chi connectivity index (χ2v) is 4.47. The smallest absolute Gasteiger partial charge is 0.0292 e. The van der Waals surface area contributed by atoms with Crippen LogP contribution < -0.4 is 0 Å². The summed E-state index contributed by atoms with van der Waals surface area (Å²) >= 11 is 0. The summed E-state index contributed by atoms with van der Waals surface area (Å²) in [7, 11) is 0. The van der Waals surface area contributed by atoms with Crippen molar-refractivity contribution in [2.75, 3.05) is 0 Å². The molecule has 0 spiro atoms. The minimum Gasteiger partial charge on any atom is -0.0999 e. The first-order valence-corrected chi connectivity index (χ1v) is 4.94. The molecule has 2 aliphatic carbocycles. The van der Waals surface area contributed by atoms with E-state index in [1.165, 1.54) is 37.7 Å². The van der Waals surface area contributed by atoms with Crippen LogP contribution in [0.3, 0.4) is 0 Å².